The maximum Gasteiger partial charge on any atom is 0.268 e. The summed E-state index contributed by atoms with van der Waals surface area (Å²) in [7, 11) is 0. The van der Waals surface area contributed by atoms with Gasteiger partial charge in [0, 0.05) is 12.4 Å². The molecule has 0 bridgehead atoms. The third-order valence-corrected chi connectivity index (χ3v) is 2.34. The molecule has 2 heterocycles. The fourth-order valence-electron chi connectivity index (χ4n) is 1.49. The van der Waals surface area contributed by atoms with Crippen molar-refractivity contribution in [2.24, 2.45) is 16.7 Å². The number of aryl methyl sites for hydroxylation is 1. The summed E-state index contributed by atoms with van der Waals surface area (Å²) in [6.45, 7) is 1.88. The average molecular weight is 217 g/mol. The van der Waals surface area contributed by atoms with E-state index >= 15 is 0 Å². The van der Waals surface area contributed by atoms with Crippen LogP contribution in [-0.4, -0.2) is 15.2 Å². The maximum atomic E-state index is 12.0. The highest BCUT2D eigenvalue weighted by molar-refractivity contribution is 5.96. The third-order valence-electron chi connectivity index (χ3n) is 2.34. The Kier molecular flexibility index (Phi) is 2.32. The summed E-state index contributed by atoms with van der Waals surface area (Å²) in [5.74, 6) is 5.01. The van der Waals surface area contributed by atoms with Crippen molar-refractivity contribution in [3.63, 3.8) is 0 Å². The number of aromatic nitrogens is 2. The normalized spacial score (nSPS) is 11.9. The predicted molar refractivity (Wildman–Crippen MR) is 61.1 cm³/mol. The van der Waals surface area contributed by atoms with Gasteiger partial charge in [0.15, 0.2) is 5.84 Å². The summed E-state index contributed by atoms with van der Waals surface area (Å²) in [5.41, 5.74) is 6.93. The van der Waals surface area contributed by atoms with Crippen molar-refractivity contribution in [2.75, 3.05) is 0 Å². The number of fused-ring (bicyclic) bond motifs is 1. The molecular formula is C10H11N5O. The summed E-state index contributed by atoms with van der Waals surface area (Å²) >= 11 is 0. The average Bonchev–Trinajstić information content (AvgIpc) is 2.30. The van der Waals surface area contributed by atoms with Crippen LogP contribution in [0.25, 0.3) is 5.65 Å². The molecule has 2 rings (SSSR count). The lowest BCUT2D eigenvalue weighted by Gasteiger charge is -2.04. The molecule has 6 heteroatoms. The van der Waals surface area contributed by atoms with Gasteiger partial charge in [0.1, 0.15) is 11.2 Å². The molecule has 0 radical (unpaired) electrons. The minimum absolute atomic E-state index is 0.0200. The van der Waals surface area contributed by atoms with Crippen LogP contribution >= 0.6 is 0 Å². The molecule has 0 atom stereocenters. The van der Waals surface area contributed by atoms with Crippen LogP contribution in [0.1, 0.15) is 11.1 Å². The van der Waals surface area contributed by atoms with E-state index in [-0.39, 0.29) is 17.0 Å². The number of nitrogens with two attached hydrogens (primary N) is 2. The van der Waals surface area contributed by atoms with E-state index in [4.69, 9.17) is 11.6 Å². The zero-order valence-corrected chi connectivity index (χ0v) is 8.71. The van der Waals surface area contributed by atoms with Gasteiger partial charge < -0.3 is 11.6 Å². The molecule has 82 valence electrons. The van der Waals surface area contributed by atoms with Gasteiger partial charge in [0.25, 0.3) is 5.56 Å². The number of hydrogen-bond acceptors (Lipinski definition) is 4. The Labute approximate surface area is 91.2 Å². The zero-order chi connectivity index (χ0) is 11.7. The molecule has 16 heavy (non-hydrogen) atoms. The monoisotopic (exact) mass is 217 g/mol. The van der Waals surface area contributed by atoms with Crippen molar-refractivity contribution in [3.05, 3.63) is 46.0 Å². The summed E-state index contributed by atoms with van der Waals surface area (Å²) < 4.78 is 1.42. The second kappa shape index (κ2) is 3.65. The van der Waals surface area contributed by atoms with E-state index in [0.717, 1.165) is 5.56 Å². The van der Waals surface area contributed by atoms with E-state index < -0.39 is 0 Å². The van der Waals surface area contributed by atoms with Crippen LogP contribution in [0.15, 0.2) is 34.4 Å². The minimum Gasteiger partial charge on any atom is -0.382 e. The first-order chi connectivity index (χ1) is 7.65. The molecule has 0 saturated carbocycles. The van der Waals surface area contributed by atoms with E-state index in [1.807, 2.05) is 13.0 Å². The molecule has 0 saturated heterocycles. The summed E-state index contributed by atoms with van der Waals surface area (Å²) in [4.78, 5) is 16.1. The van der Waals surface area contributed by atoms with Gasteiger partial charge in [-0.25, -0.2) is 4.98 Å². The minimum atomic E-state index is -0.277. The van der Waals surface area contributed by atoms with Crippen LogP contribution in [0.4, 0.5) is 0 Å². The van der Waals surface area contributed by atoms with Gasteiger partial charge in [-0.2, -0.15) is 5.10 Å². The van der Waals surface area contributed by atoms with Gasteiger partial charge in [0.05, 0.1) is 0 Å². The van der Waals surface area contributed by atoms with Crippen LogP contribution < -0.4 is 17.1 Å². The second-order valence-corrected chi connectivity index (χ2v) is 3.38. The molecule has 0 aliphatic carbocycles. The Balaban J connectivity index is 2.86. The Morgan fingerprint density at radius 2 is 2.31 bits per heavy atom. The van der Waals surface area contributed by atoms with Crippen LogP contribution in [0.3, 0.4) is 0 Å². The first kappa shape index (κ1) is 10.2. The van der Waals surface area contributed by atoms with Crippen LogP contribution in [0.5, 0.6) is 0 Å². The van der Waals surface area contributed by atoms with Crippen LogP contribution in [0.2, 0.25) is 0 Å². The Hall–Kier alpha value is -2.37. The molecule has 0 unspecified atom stereocenters. The van der Waals surface area contributed by atoms with Gasteiger partial charge in [-0.3, -0.25) is 9.20 Å². The van der Waals surface area contributed by atoms with Gasteiger partial charge in [-0.15, -0.1) is 0 Å². The first-order valence-corrected chi connectivity index (χ1v) is 4.66. The number of pyridine rings is 1. The van der Waals surface area contributed by atoms with E-state index in [9.17, 15) is 4.79 Å². The van der Waals surface area contributed by atoms with Crippen molar-refractivity contribution < 1.29 is 0 Å². The van der Waals surface area contributed by atoms with Crippen molar-refractivity contribution in [1.82, 2.24) is 9.38 Å². The van der Waals surface area contributed by atoms with Gasteiger partial charge in [-0.1, -0.05) is 6.07 Å². The molecule has 0 aliphatic heterocycles. The SMILES string of the molecule is Cc1cccn2c(=O)c(/C(N)=N/N)cnc12. The Morgan fingerprint density at radius 3 is 3.00 bits per heavy atom. The molecule has 0 spiro atoms. The maximum absolute atomic E-state index is 12.0. The van der Waals surface area contributed by atoms with Crippen molar-refractivity contribution in [1.29, 1.82) is 0 Å². The van der Waals surface area contributed by atoms with Crippen LogP contribution in [0, 0.1) is 6.92 Å². The zero-order valence-electron chi connectivity index (χ0n) is 8.71. The molecule has 6 nitrogen and oxygen atoms in total. The Morgan fingerprint density at radius 1 is 1.56 bits per heavy atom. The highest BCUT2D eigenvalue weighted by atomic mass is 16.1. The lowest BCUT2D eigenvalue weighted by molar-refractivity contribution is 1.02. The van der Waals surface area contributed by atoms with Gasteiger partial charge in [0.2, 0.25) is 0 Å². The number of hydrazone groups is 1. The van der Waals surface area contributed by atoms with Crippen LogP contribution in [-0.2, 0) is 0 Å². The number of hydrogen-bond donors (Lipinski definition) is 2. The van der Waals surface area contributed by atoms with Gasteiger partial charge >= 0.3 is 0 Å². The van der Waals surface area contributed by atoms with E-state index in [1.165, 1.54) is 10.6 Å². The second-order valence-electron chi connectivity index (χ2n) is 3.38. The molecule has 2 aromatic heterocycles. The largest absolute Gasteiger partial charge is 0.382 e. The lowest BCUT2D eigenvalue weighted by atomic mass is 10.2. The molecule has 0 fully saturated rings. The fourth-order valence-corrected chi connectivity index (χ4v) is 1.49. The quantitative estimate of drug-likeness (QED) is 0.293. The number of nitrogens with zero attached hydrogens (tertiary/aromatic N) is 3. The fraction of sp³-hybridized carbons (Fsp3) is 0.100. The van der Waals surface area contributed by atoms with E-state index in [1.54, 1.807) is 12.3 Å². The lowest BCUT2D eigenvalue weighted by Crippen LogP contribution is -2.28. The molecule has 0 aliphatic rings. The molecular weight excluding hydrogens is 206 g/mol. The smallest absolute Gasteiger partial charge is 0.268 e. The van der Waals surface area contributed by atoms with E-state index in [2.05, 4.69) is 10.1 Å². The molecule has 0 aromatic carbocycles. The van der Waals surface area contributed by atoms with Crippen molar-refractivity contribution in [3.8, 4) is 0 Å². The highest BCUT2D eigenvalue weighted by Crippen LogP contribution is 2.04. The number of amidine groups is 1. The Bertz CT molecular complexity index is 629. The molecule has 2 aromatic rings. The predicted octanol–water partition coefficient (Wildman–Crippen LogP) is -0.418. The van der Waals surface area contributed by atoms with Gasteiger partial charge in [-0.05, 0) is 18.6 Å². The number of rotatable bonds is 1. The standard InChI is InChI=1S/C10H11N5O/c1-6-3-2-4-15-9(6)13-5-7(10(15)16)8(11)14-12/h2-5H,12H2,1H3,(H2,11,14). The molecule has 0 amide bonds. The third kappa shape index (κ3) is 1.40. The summed E-state index contributed by atoms with van der Waals surface area (Å²) in [5, 5.41) is 3.29. The molecule has 4 N–H and O–H groups in total. The van der Waals surface area contributed by atoms with Crippen molar-refractivity contribution >= 4 is 11.5 Å². The topological polar surface area (TPSA) is 98.8 Å². The summed E-state index contributed by atoms with van der Waals surface area (Å²) in [6, 6.07) is 3.65. The highest BCUT2D eigenvalue weighted by Gasteiger charge is 2.08. The van der Waals surface area contributed by atoms with E-state index in [0.29, 0.717) is 5.65 Å². The van der Waals surface area contributed by atoms with Crippen molar-refractivity contribution in [2.45, 2.75) is 6.92 Å². The summed E-state index contributed by atoms with van der Waals surface area (Å²) in [6.07, 6.45) is 3.02. The first-order valence-electron chi connectivity index (χ1n) is 4.66.